The van der Waals surface area contributed by atoms with E-state index in [0.29, 0.717) is 6.42 Å². The first kappa shape index (κ1) is 11.4. The van der Waals surface area contributed by atoms with Crippen LogP contribution in [0.15, 0.2) is 0 Å². The number of ketones is 2. The summed E-state index contributed by atoms with van der Waals surface area (Å²) in [6, 6.07) is -0.215. The molecule has 80 valence electrons. The molecule has 0 aromatic heterocycles. The molecule has 3 nitrogen and oxygen atoms in total. The summed E-state index contributed by atoms with van der Waals surface area (Å²) in [6.45, 7) is 6.47. The van der Waals surface area contributed by atoms with Crippen LogP contribution in [0.1, 0.15) is 40.0 Å². The van der Waals surface area contributed by atoms with Gasteiger partial charge in [-0.1, -0.05) is 20.8 Å². The number of hydrogen-bond donors (Lipinski definition) is 1. The summed E-state index contributed by atoms with van der Waals surface area (Å²) in [7, 11) is 0. The monoisotopic (exact) mass is 197 g/mol. The Morgan fingerprint density at radius 1 is 1.43 bits per heavy atom. The highest BCUT2D eigenvalue weighted by Crippen LogP contribution is 2.23. The Morgan fingerprint density at radius 2 is 2.07 bits per heavy atom. The average molecular weight is 197 g/mol. The van der Waals surface area contributed by atoms with Crippen molar-refractivity contribution in [2.75, 3.05) is 6.54 Å². The number of rotatable bonds is 4. The Kier molecular flexibility index (Phi) is 3.43. The van der Waals surface area contributed by atoms with E-state index in [0.717, 1.165) is 19.4 Å². The van der Waals surface area contributed by atoms with Crippen molar-refractivity contribution in [2.45, 2.75) is 46.1 Å². The largest absolute Gasteiger partial charge is 0.307 e. The maximum atomic E-state index is 11.8. The molecule has 0 radical (unpaired) electrons. The van der Waals surface area contributed by atoms with Gasteiger partial charge in [-0.25, -0.2) is 0 Å². The lowest BCUT2D eigenvalue weighted by atomic mass is 9.81. The summed E-state index contributed by atoms with van der Waals surface area (Å²) in [5.41, 5.74) is -0.499. The van der Waals surface area contributed by atoms with Gasteiger partial charge in [-0.2, -0.15) is 0 Å². The highest BCUT2D eigenvalue weighted by molar-refractivity contribution is 6.40. The van der Waals surface area contributed by atoms with Crippen LogP contribution in [0.25, 0.3) is 0 Å². The second-order valence-electron chi connectivity index (χ2n) is 4.58. The van der Waals surface area contributed by atoms with Gasteiger partial charge in [0.25, 0.3) is 0 Å². The van der Waals surface area contributed by atoms with Gasteiger partial charge in [0.1, 0.15) is 0 Å². The van der Waals surface area contributed by atoms with E-state index in [1.807, 2.05) is 20.8 Å². The van der Waals surface area contributed by atoms with Gasteiger partial charge in [0.2, 0.25) is 11.6 Å². The molecule has 0 saturated carbocycles. The van der Waals surface area contributed by atoms with Crippen molar-refractivity contribution in [3.8, 4) is 0 Å². The molecule has 1 heterocycles. The van der Waals surface area contributed by atoms with Crippen molar-refractivity contribution >= 4 is 11.6 Å². The number of carbonyl (C=O) groups excluding carboxylic acids is 2. The first-order chi connectivity index (χ1) is 6.49. The molecule has 1 N–H and O–H groups in total. The van der Waals surface area contributed by atoms with Gasteiger partial charge in [0.15, 0.2) is 0 Å². The van der Waals surface area contributed by atoms with Crippen LogP contribution in [-0.2, 0) is 9.59 Å². The molecule has 0 amide bonds. The van der Waals surface area contributed by atoms with Crippen LogP contribution in [-0.4, -0.2) is 24.2 Å². The first-order valence-corrected chi connectivity index (χ1v) is 5.31. The molecule has 1 aliphatic rings. The predicted octanol–water partition coefficient (Wildman–Crippen LogP) is 1.31. The minimum atomic E-state index is -0.499. The van der Waals surface area contributed by atoms with Gasteiger partial charge < -0.3 is 5.32 Å². The standard InChI is InChI=1S/C11H19NO2/c1-4-11(2,3)10(14)9(13)8-6-5-7-12-8/h8,12H,4-7H2,1-3H3. The predicted molar refractivity (Wildman–Crippen MR) is 55.1 cm³/mol. The van der Waals surface area contributed by atoms with Gasteiger partial charge >= 0.3 is 0 Å². The molecule has 0 spiro atoms. The zero-order valence-corrected chi connectivity index (χ0v) is 9.22. The SMILES string of the molecule is CCC(C)(C)C(=O)C(=O)C1CCCN1. The molecule has 1 aliphatic heterocycles. The van der Waals surface area contributed by atoms with E-state index in [-0.39, 0.29) is 17.6 Å². The molecule has 1 saturated heterocycles. The molecular weight excluding hydrogens is 178 g/mol. The van der Waals surface area contributed by atoms with Crippen molar-refractivity contribution in [2.24, 2.45) is 5.41 Å². The van der Waals surface area contributed by atoms with Gasteiger partial charge in [-0.3, -0.25) is 9.59 Å². The minimum absolute atomic E-state index is 0.215. The minimum Gasteiger partial charge on any atom is -0.307 e. The summed E-state index contributed by atoms with van der Waals surface area (Å²) in [5, 5.41) is 3.06. The fourth-order valence-corrected chi connectivity index (χ4v) is 1.56. The number of hydrogen-bond acceptors (Lipinski definition) is 3. The van der Waals surface area contributed by atoms with Crippen LogP contribution in [0.3, 0.4) is 0 Å². The van der Waals surface area contributed by atoms with Crippen molar-refractivity contribution in [1.82, 2.24) is 5.32 Å². The van der Waals surface area contributed by atoms with Crippen LogP contribution in [0, 0.1) is 5.41 Å². The fraction of sp³-hybridized carbons (Fsp3) is 0.818. The quantitative estimate of drug-likeness (QED) is 0.691. The molecule has 14 heavy (non-hydrogen) atoms. The topological polar surface area (TPSA) is 46.2 Å². The van der Waals surface area contributed by atoms with E-state index in [9.17, 15) is 9.59 Å². The summed E-state index contributed by atoms with van der Waals surface area (Å²) >= 11 is 0. The van der Waals surface area contributed by atoms with Gasteiger partial charge in [0, 0.05) is 5.41 Å². The number of Topliss-reactive ketones (excluding diaryl/α,β-unsaturated/α-hetero) is 2. The summed E-state index contributed by atoms with van der Waals surface area (Å²) in [5.74, 6) is -0.450. The van der Waals surface area contributed by atoms with E-state index < -0.39 is 5.41 Å². The van der Waals surface area contributed by atoms with E-state index in [4.69, 9.17) is 0 Å². The maximum absolute atomic E-state index is 11.8. The zero-order valence-electron chi connectivity index (χ0n) is 9.22. The lowest BCUT2D eigenvalue weighted by Gasteiger charge is -2.21. The van der Waals surface area contributed by atoms with Crippen molar-refractivity contribution in [3.63, 3.8) is 0 Å². The Morgan fingerprint density at radius 3 is 2.50 bits per heavy atom. The normalized spacial score (nSPS) is 22.4. The molecule has 3 heteroatoms. The molecule has 1 rings (SSSR count). The summed E-state index contributed by atoms with van der Waals surface area (Å²) in [6.07, 6.45) is 2.52. The molecule has 1 atom stereocenters. The summed E-state index contributed by atoms with van der Waals surface area (Å²) < 4.78 is 0. The van der Waals surface area contributed by atoms with Crippen LogP contribution in [0.5, 0.6) is 0 Å². The highest BCUT2D eigenvalue weighted by atomic mass is 16.2. The second-order valence-corrected chi connectivity index (χ2v) is 4.58. The molecular formula is C11H19NO2. The Labute approximate surface area is 85.3 Å². The lowest BCUT2D eigenvalue weighted by Crippen LogP contribution is -2.41. The van der Waals surface area contributed by atoms with E-state index in [1.165, 1.54) is 0 Å². The van der Waals surface area contributed by atoms with Crippen LogP contribution in [0.4, 0.5) is 0 Å². The highest BCUT2D eigenvalue weighted by Gasteiger charge is 2.36. The first-order valence-electron chi connectivity index (χ1n) is 5.31. The third-order valence-corrected chi connectivity index (χ3v) is 3.10. The Balaban J connectivity index is 2.64. The number of carbonyl (C=O) groups is 2. The van der Waals surface area contributed by atoms with E-state index in [1.54, 1.807) is 0 Å². The molecule has 0 aromatic rings. The maximum Gasteiger partial charge on any atom is 0.215 e. The Bertz CT molecular complexity index is 240. The van der Waals surface area contributed by atoms with Crippen molar-refractivity contribution in [3.05, 3.63) is 0 Å². The van der Waals surface area contributed by atoms with E-state index >= 15 is 0 Å². The molecule has 1 unspecified atom stereocenters. The van der Waals surface area contributed by atoms with Crippen molar-refractivity contribution in [1.29, 1.82) is 0 Å². The van der Waals surface area contributed by atoms with Crippen LogP contribution in [0.2, 0.25) is 0 Å². The van der Waals surface area contributed by atoms with Crippen LogP contribution >= 0.6 is 0 Å². The summed E-state index contributed by atoms with van der Waals surface area (Å²) in [4.78, 5) is 23.5. The Hall–Kier alpha value is -0.700. The lowest BCUT2D eigenvalue weighted by molar-refractivity contribution is -0.142. The number of nitrogens with one attached hydrogen (secondary N) is 1. The zero-order chi connectivity index (χ0) is 10.8. The van der Waals surface area contributed by atoms with Gasteiger partial charge in [-0.05, 0) is 25.8 Å². The smallest absolute Gasteiger partial charge is 0.215 e. The van der Waals surface area contributed by atoms with Gasteiger partial charge in [-0.15, -0.1) is 0 Å². The van der Waals surface area contributed by atoms with E-state index in [2.05, 4.69) is 5.32 Å². The molecule has 0 aromatic carbocycles. The average Bonchev–Trinajstić information content (AvgIpc) is 2.68. The van der Waals surface area contributed by atoms with Crippen molar-refractivity contribution < 1.29 is 9.59 Å². The fourth-order valence-electron chi connectivity index (χ4n) is 1.56. The second kappa shape index (κ2) is 4.22. The third-order valence-electron chi connectivity index (χ3n) is 3.10. The third kappa shape index (κ3) is 2.21. The van der Waals surface area contributed by atoms with Crippen LogP contribution < -0.4 is 5.32 Å². The van der Waals surface area contributed by atoms with Gasteiger partial charge in [0.05, 0.1) is 6.04 Å². The molecule has 0 bridgehead atoms. The molecule has 0 aliphatic carbocycles. The molecule has 1 fully saturated rings.